The van der Waals surface area contributed by atoms with E-state index in [1.54, 1.807) is 8.70 Å². The molecule has 0 bridgehead atoms. The van der Waals surface area contributed by atoms with Crippen LogP contribution in [0.15, 0.2) is 60.7 Å². The number of hydrogen-bond donors (Lipinski definition) is 0. The van der Waals surface area contributed by atoms with Gasteiger partial charge < -0.3 is 0 Å². The summed E-state index contributed by atoms with van der Waals surface area (Å²) in [7, 11) is 0. The van der Waals surface area contributed by atoms with Gasteiger partial charge in [-0.25, -0.2) is 0 Å². The van der Waals surface area contributed by atoms with Gasteiger partial charge in [0, 0.05) is 0 Å². The molecular formula is C12H10As2Na2+2. The molecule has 2 aromatic carbocycles. The quantitative estimate of drug-likeness (QED) is 0.476. The Bertz CT molecular complexity index is 374. The zero-order valence-corrected chi connectivity index (χ0v) is 17.4. The second kappa shape index (κ2) is 10.5. The van der Waals surface area contributed by atoms with Gasteiger partial charge in [0.1, 0.15) is 0 Å². The third kappa shape index (κ3) is 6.48. The van der Waals surface area contributed by atoms with Gasteiger partial charge in [0.05, 0.1) is 0 Å². The molecule has 2 aromatic rings. The predicted molar refractivity (Wildman–Crippen MR) is 63.7 cm³/mol. The van der Waals surface area contributed by atoms with Crippen LogP contribution in [-0.2, 0) is 0 Å². The van der Waals surface area contributed by atoms with Gasteiger partial charge in [0.25, 0.3) is 0 Å². The van der Waals surface area contributed by atoms with Crippen LogP contribution in [0.5, 0.6) is 0 Å². The van der Waals surface area contributed by atoms with E-state index in [0.717, 1.165) is 0 Å². The van der Waals surface area contributed by atoms with E-state index < -0.39 is 0 Å². The molecule has 68 valence electrons. The first-order valence-electron chi connectivity index (χ1n) is 4.47. The molecule has 0 aliphatic rings. The number of benzene rings is 2. The van der Waals surface area contributed by atoms with Crippen LogP contribution in [0.4, 0.5) is 0 Å². The molecule has 0 nitrogen and oxygen atoms in total. The summed E-state index contributed by atoms with van der Waals surface area (Å²) in [6.45, 7) is 0. The van der Waals surface area contributed by atoms with Gasteiger partial charge in [0.15, 0.2) is 0 Å². The van der Waals surface area contributed by atoms with Crippen molar-refractivity contribution in [2.45, 2.75) is 0 Å². The van der Waals surface area contributed by atoms with Crippen molar-refractivity contribution in [3.63, 3.8) is 0 Å². The van der Waals surface area contributed by atoms with Crippen molar-refractivity contribution in [3.05, 3.63) is 60.7 Å². The van der Waals surface area contributed by atoms with E-state index in [4.69, 9.17) is 0 Å². The fraction of sp³-hybridized carbons (Fsp3) is 0. The van der Waals surface area contributed by atoms with Crippen molar-refractivity contribution in [2.75, 3.05) is 0 Å². The van der Waals surface area contributed by atoms with Crippen LogP contribution in [0.2, 0.25) is 0 Å². The maximum atomic E-state index is 2.25. The molecule has 0 heterocycles. The van der Waals surface area contributed by atoms with Crippen LogP contribution in [0.3, 0.4) is 0 Å². The van der Waals surface area contributed by atoms with Gasteiger partial charge in [-0.05, 0) is 0 Å². The fourth-order valence-electron chi connectivity index (χ4n) is 1.10. The molecule has 0 saturated heterocycles. The number of rotatable bonds is 2. The first kappa shape index (κ1) is 17.6. The molecule has 0 spiro atoms. The average Bonchev–Trinajstić information content (AvgIpc) is 2.29. The molecule has 0 amide bonds. The first-order valence-corrected chi connectivity index (χ1v) is 11.5. The minimum absolute atomic E-state index is 0. The third-order valence-corrected chi connectivity index (χ3v) is 10.3. The van der Waals surface area contributed by atoms with E-state index in [9.17, 15) is 0 Å². The monoisotopic (exact) mass is 350 g/mol. The van der Waals surface area contributed by atoms with E-state index in [0.29, 0.717) is 26.3 Å². The van der Waals surface area contributed by atoms with Crippen molar-refractivity contribution in [1.82, 2.24) is 0 Å². The van der Waals surface area contributed by atoms with Crippen LogP contribution in [-0.4, -0.2) is 26.3 Å². The Hall–Kier alpha value is 1.56. The molecule has 4 heteroatoms. The summed E-state index contributed by atoms with van der Waals surface area (Å²) in [5.41, 5.74) is 0. The molecule has 0 aliphatic carbocycles. The summed E-state index contributed by atoms with van der Waals surface area (Å²) in [4.78, 5) is 0. The summed E-state index contributed by atoms with van der Waals surface area (Å²) in [5, 5.41) is 0. The summed E-state index contributed by atoms with van der Waals surface area (Å²) in [6, 6.07) is 21.7. The Morgan fingerprint density at radius 1 is 0.500 bits per heavy atom. The molecule has 0 N–H and O–H groups in total. The van der Waals surface area contributed by atoms with E-state index >= 15 is 0 Å². The van der Waals surface area contributed by atoms with Crippen LogP contribution < -0.4 is 67.8 Å². The minimum atomic E-state index is 0. The van der Waals surface area contributed by atoms with Crippen LogP contribution in [0, 0.1) is 0 Å². The van der Waals surface area contributed by atoms with Crippen LogP contribution in [0.25, 0.3) is 0 Å². The van der Waals surface area contributed by atoms with E-state index in [1.807, 2.05) is 0 Å². The molecule has 0 fully saturated rings. The zero-order chi connectivity index (χ0) is 9.64. The molecule has 0 aliphatic heterocycles. The van der Waals surface area contributed by atoms with Crippen molar-refractivity contribution in [2.24, 2.45) is 0 Å². The fourth-order valence-corrected chi connectivity index (χ4v) is 8.30. The van der Waals surface area contributed by atoms with Crippen LogP contribution in [0.1, 0.15) is 0 Å². The van der Waals surface area contributed by atoms with Gasteiger partial charge in [-0.1, -0.05) is 0 Å². The summed E-state index contributed by atoms with van der Waals surface area (Å²) in [6.07, 6.45) is 0. The van der Waals surface area contributed by atoms with E-state index in [1.165, 1.54) is 0 Å². The third-order valence-electron chi connectivity index (χ3n) is 1.79. The standard InChI is InChI=1S/C12H10As2.2Na/c1-3-7-11(8-4-1)13-14-12-9-5-2-6-10-12;;/h1-10H;;/q;2*+1. The number of hydrogen-bond acceptors (Lipinski definition) is 0. The second-order valence-electron chi connectivity index (χ2n) is 2.87. The Balaban J connectivity index is 0.00000112. The molecule has 0 saturated carbocycles. The molecule has 2 rings (SSSR count). The van der Waals surface area contributed by atoms with Gasteiger partial charge in [0.2, 0.25) is 0 Å². The molecule has 16 heavy (non-hydrogen) atoms. The summed E-state index contributed by atoms with van der Waals surface area (Å²) >= 11 is 0.774. The molecule has 0 aromatic heterocycles. The Kier molecular flexibility index (Phi) is 11.5. The normalized spacial score (nSPS) is 9.25. The summed E-state index contributed by atoms with van der Waals surface area (Å²) < 4.78 is 3.10. The van der Waals surface area contributed by atoms with Crippen molar-refractivity contribution < 1.29 is 59.1 Å². The SMILES string of the molecule is [Na+].[Na+].c1ccc([As]=[As]c2ccccc2)cc1. The van der Waals surface area contributed by atoms with E-state index in [-0.39, 0.29) is 59.1 Å². The van der Waals surface area contributed by atoms with Gasteiger partial charge in [-0.3, -0.25) is 0 Å². The Morgan fingerprint density at radius 3 is 1.12 bits per heavy atom. The molecule has 0 unspecified atom stereocenters. The molecule has 0 radical (unpaired) electrons. The van der Waals surface area contributed by atoms with Crippen LogP contribution >= 0.6 is 0 Å². The predicted octanol–water partition coefficient (Wildman–Crippen LogP) is -5.03. The van der Waals surface area contributed by atoms with Gasteiger partial charge in [-0.2, -0.15) is 0 Å². The first-order chi connectivity index (χ1) is 6.95. The maximum absolute atomic E-state index is 2.25. The average molecular weight is 350 g/mol. The Morgan fingerprint density at radius 2 is 0.812 bits per heavy atom. The molecule has 0 atom stereocenters. The Labute approximate surface area is 152 Å². The second-order valence-corrected chi connectivity index (χ2v) is 10.2. The van der Waals surface area contributed by atoms with Gasteiger partial charge in [-0.15, -0.1) is 0 Å². The van der Waals surface area contributed by atoms with Crippen molar-refractivity contribution >= 4 is 35.0 Å². The van der Waals surface area contributed by atoms with Crippen molar-refractivity contribution in [3.8, 4) is 0 Å². The zero-order valence-electron chi connectivity index (χ0n) is 9.67. The van der Waals surface area contributed by atoms with E-state index in [2.05, 4.69) is 60.7 Å². The molecular weight excluding hydrogens is 340 g/mol. The van der Waals surface area contributed by atoms with Gasteiger partial charge >= 0.3 is 155 Å². The topological polar surface area (TPSA) is 0 Å². The van der Waals surface area contributed by atoms with Crippen molar-refractivity contribution in [1.29, 1.82) is 0 Å². The summed E-state index contributed by atoms with van der Waals surface area (Å²) in [5.74, 6) is 0.